The molecule has 3 heterocycles. The molecule has 0 unspecified atom stereocenters. The summed E-state index contributed by atoms with van der Waals surface area (Å²) in [5, 5.41) is 0.724. The van der Waals surface area contributed by atoms with Crippen molar-refractivity contribution in [2.45, 2.75) is 64.2 Å². The Morgan fingerprint density at radius 2 is 2.06 bits per heavy atom. The van der Waals surface area contributed by atoms with Gasteiger partial charge in [0.1, 0.15) is 28.8 Å². The smallest absolute Gasteiger partial charge is 0.411 e. The van der Waals surface area contributed by atoms with Gasteiger partial charge in [0, 0.05) is 17.4 Å². The zero-order chi connectivity index (χ0) is 22.6. The van der Waals surface area contributed by atoms with Gasteiger partial charge in [0.05, 0.1) is 24.9 Å². The van der Waals surface area contributed by atoms with Crippen molar-refractivity contribution in [1.82, 2.24) is 9.88 Å². The molecule has 1 aromatic heterocycles. The van der Waals surface area contributed by atoms with Crippen LogP contribution in [0.1, 0.15) is 44.9 Å². The SMILES string of the molecule is COC(=O)[C@@H]1C[C@]2(CCc3c(c(C)nc4ccc(F)cc34)O2)CN1C(=O)OC(C)(C)C. The predicted octanol–water partition coefficient (Wildman–Crippen LogP) is 3.93. The second-order valence-electron chi connectivity index (χ2n) is 9.30. The van der Waals surface area contributed by atoms with E-state index in [0.29, 0.717) is 36.2 Å². The van der Waals surface area contributed by atoms with Crippen molar-refractivity contribution >= 4 is 23.0 Å². The second-order valence-corrected chi connectivity index (χ2v) is 9.30. The number of halogens is 1. The van der Waals surface area contributed by atoms with Crippen LogP contribution < -0.4 is 4.74 Å². The monoisotopic (exact) mass is 430 g/mol. The molecule has 1 spiro atoms. The molecule has 0 bridgehead atoms. The molecule has 7 nitrogen and oxygen atoms in total. The van der Waals surface area contributed by atoms with Crippen molar-refractivity contribution in [3.05, 3.63) is 35.3 Å². The summed E-state index contributed by atoms with van der Waals surface area (Å²) in [7, 11) is 1.30. The fourth-order valence-electron chi connectivity index (χ4n) is 4.49. The maximum atomic E-state index is 13.9. The highest BCUT2D eigenvalue weighted by Gasteiger charge is 2.53. The van der Waals surface area contributed by atoms with Crippen LogP contribution in [0.2, 0.25) is 0 Å². The van der Waals surface area contributed by atoms with E-state index in [1.54, 1.807) is 26.8 Å². The normalized spacial score (nSPS) is 22.9. The number of benzene rings is 1. The number of methoxy groups -OCH3 is 1. The highest BCUT2D eigenvalue weighted by molar-refractivity contribution is 5.86. The van der Waals surface area contributed by atoms with Crippen LogP contribution in [0, 0.1) is 12.7 Å². The number of rotatable bonds is 1. The number of fused-ring (bicyclic) bond motifs is 3. The lowest BCUT2D eigenvalue weighted by Gasteiger charge is -2.36. The number of hydrogen-bond donors (Lipinski definition) is 0. The standard InChI is InChI=1S/C23H27FN2O5/c1-13-19-15(16-10-14(24)6-7-17(16)25-13)8-9-23(30-19)11-18(20(27)29-5)26(12-23)21(28)31-22(2,3)4/h6-7,10,18H,8-9,11-12H2,1-5H3/t18-,23+/m0/s1. The lowest BCUT2D eigenvalue weighted by molar-refractivity contribution is -0.145. The summed E-state index contributed by atoms with van der Waals surface area (Å²) in [4.78, 5) is 31.3. The van der Waals surface area contributed by atoms with Crippen molar-refractivity contribution in [2.75, 3.05) is 13.7 Å². The summed E-state index contributed by atoms with van der Waals surface area (Å²) in [6.07, 6.45) is 0.903. The highest BCUT2D eigenvalue weighted by atomic mass is 19.1. The third-order valence-corrected chi connectivity index (χ3v) is 5.83. The average Bonchev–Trinajstić information content (AvgIpc) is 3.06. The number of amides is 1. The number of hydrogen-bond acceptors (Lipinski definition) is 6. The van der Waals surface area contributed by atoms with Crippen LogP contribution in [0.4, 0.5) is 9.18 Å². The minimum absolute atomic E-state index is 0.196. The van der Waals surface area contributed by atoms with Gasteiger partial charge in [-0.05, 0) is 58.7 Å². The maximum absolute atomic E-state index is 13.9. The Labute approximate surface area is 180 Å². The van der Waals surface area contributed by atoms with E-state index in [1.807, 2.05) is 6.92 Å². The van der Waals surface area contributed by atoms with Crippen molar-refractivity contribution in [3.8, 4) is 5.75 Å². The topological polar surface area (TPSA) is 78.0 Å². The van der Waals surface area contributed by atoms with Crippen molar-refractivity contribution in [1.29, 1.82) is 0 Å². The molecule has 1 aromatic carbocycles. The van der Waals surface area contributed by atoms with E-state index in [9.17, 15) is 14.0 Å². The number of ether oxygens (including phenoxy) is 3. The van der Waals surface area contributed by atoms with Crippen LogP contribution in [0.5, 0.6) is 5.75 Å². The average molecular weight is 430 g/mol. The third-order valence-electron chi connectivity index (χ3n) is 5.83. The van der Waals surface area contributed by atoms with Gasteiger partial charge in [0.2, 0.25) is 0 Å². The molecular formula is C23H27FN2O5. The summed E-state index contributed by atoms with van der Waals surface area (Å²) in [6.45, 7) is 7.37. The Morgan fingerprint density at radius 3 is 2.74 bits per heavy atom. The van der Waals surface area contributed by atoms with Gasteiger partial charge in [-0.2, -0.15) is 0 Å². The first-order valence-electron chi connectivity index (χ1n) is 10.4. The minimum Gasteiger partial charge on any atom is -0.483 e. The molecule has 0 aliphatic carbocycles. The maximum Gasteiger partial charge on any atom is 0.411 e. The molecule has 0 radical (unpaired) electrons. The molecule has 4 rings (SSSR count). The summed E-state index contributed by atoms with van der Waals surface area (Å²) >= 11 is 0. The molecule has 2 aromatic rings. The zero-order valence-corrected chi connectivity index (χ0v) is 18.5. The minimum atomic E-state index is -0.799. The number of nitrogens with zero attached hydrogens (tertiary/aromatic N) is 2. The Morgan fingerprint density at radius 1 is 1.32 bits per heavy atom. The quantitative estimate of drug-likeness (QED) is 0.638. The summed E-state index contributed by atoms with van der Waals surface area (Å²) in [6, 6.07) is 3.73. The van der Waals surface area contributed by atoms with E-state index < -0.39 is 29.3 Å². The highest BCUT2D eigenvalue weighted by Crippen LogP contribution is 2.44. The van der Waals surface area contributed by atoms with Gasteiger partial charge in [-0.15, -0.1) is 0 Å². The molecule has 2 aliphatic heterocycles. The predicted molar refractivity (Wildman–Crippen MR) is 111 cm³/mol. The molecule has 1 fully saturated rings. The molecule has 166 valence electrons. The largest absolute Gasteiger partial charge is 0.483 e. The summed E-state index contributed by atoms with van der Waals surface area (Å²) < 4.78 is 30.8. The van der Waals surface area contributed by atoms with Gasteiger partial charge < -0.3 is 14.2 Å². The molecule has 1 amide bonds. The lowest BCUT2D eigenvalue weighted by atomic mass is 9.87. The van der Waals surface area contributed by atoms with E-state index in [4.69, 9.17) is 14.2 Å². The Hall–Kier alpha value is -2.90. The fourth-order valence-corrected chi connectivity index (χ4v) is 4.49. The van der Waals surface area contributed by atoms with E-state index >= 15 is 0 Å². The molecule has 2 atom stereocenters. The van der Waals surface area contributed by atoms with Crippen LogP contribution in [0.25, 0.3) is 10.9 Å². The fraction of sp³-hybridized carbons (Fsp3) is 0.522. The molecular weight excluding hydrogens is 403 g/mol. The zero-order valence-electron chi connectivity index (χ0n) is 18.5. The van der Waals surface area contributed by atoms with Gasteiger partial charge >= 0.3 is 12.1 Å². The summed E-state index contributed by atoms with van der Waals surface area (Å²) in [5.41, 5.74) is 0.843. The Kier molecular flexibility index (Phi) is 5.06. The number of aryl methyl sites for hydroxylation is 2. The second kappa shape index (κ2) is 7.35. The number of esters is 1. The van der Waals surface area contributed by atoms with Crippen LogP contribution >= 0.6 is 0 Å². The van der Waals surface area contributed by atoms with Gasteiger partial charge in [-0.1, -0.05) is 0 Å². The van der Waals surface area contributed by atoms with Gasteiger partial charge in [0.25, 0.3) is 0 Å². The van der Waals surface area contributed by atoms with Crippen LogP contribution in [-0.4, -0.2) is 52.8 Å². The summed E-state index contributed by atoms with van der Waals surface area (Å²) in [5.74, 6) is -0.241. The van der Waals surface area contributed by atoms with E-state index in [2.05, 4.69) is 4.98 Å². The van der Waals surface area contributed by atoms with Crippen molar-refractivity contribution in [2.24, 2.45) is 0 Å². The number of carbonyl (C=O) groups is 2. The first-order valence-corrected chi connectivity index (χ1v) is 10.4. The lowest BCUT2D eigenvalue weighted by Crippen LogP contribution is -2.46. The Bertz CT molecular complexity index is 1060. The first kappa shape index (κ1) is 21.3. The number of pyridine rings is 1. The van der Waals surface area contributed by atoms with Crippen LogP contribution in [-0.2, 0) is 20.7 Å². The third kappa shape index (κ3) is 3.91. The van der Waals surface area contributed by atoms with E-state index in [1.165, 1.54) is 24.1 Å². The van der Waals surface area contributed by atoms with Gasteiger partial charge in [0.15, 0.2) is 0 Å². The molecule has 31 heavy (non-hydrogen) atoms. The molecule has 0 saturated carbocycles. The van der Waals surface area contributed by atoms with Crippen molar-refractivity contribution < 1.29 is 28.2 Å². The van der Waals surface area contributed by atoms with Gasteiger partial charge in [-0.25, -0.2) is 19.0 Å². The molecule has 0 N–H and O–H groups in total. The number of aromatic nitrogens is 1. The Balaban J connectivity index is 1.69. The van der Waals surface area contributed by atoms with E-state index in [-0.39, 0.29) is 12.4 Å². The van der Waals surface area contributed by atoms with Crippen molar-refractivity contribution in [3.63, 3.8) is 0 Å². The molecule has 8 heteroatoms. The first-order chi connectivity index (χ1) is 14.5. The molecule has 1 saturated heterocycles. The molecule has 2 aliphatic rings. The van der Waals surface area contributed by atoms with Crippen LogP contribution in [0.15, 0.2) is 18.2 Å². The van der Waals surface area contributed by atoms with E-state index in [0.717, 1.165) is 10.9 Å². The van der Waals surface area contributed by atoms with Crippen LogP contribution in [0.3, 0.4) is 0 Å². The number of carbonyl (C=O) groups excluding carboxylic acids is 2. The van der Waals surface area contributed by atoms with Gasteiger partial charge in [-0.3, -0.25) is 4.90 Å². The number of likely N-dealkylation sites (tertiary alicyclic amines) is 1.